The van der Waals surface area contributed by atoms with Crippen molar-refractivity contribution in [2.24, 2.45) is 0 Å². The van der Waals surface area contributed by atoms with Crippen LogP contribution in [0.3, 0.4) is 0 Å². The molecule has 1 aliphatic rings. The molecule has 0 bridgehead atoms. The van der Waals surface area contributed by atoms with Crippen LogP contribution in [0, 0.1) is 6.92 Å². The highest BCUT2D eigenvalue weighted by Crippen LogP contribution is 2.40. The van der Waals surface area contributed by atoms with Gasteiger partial charge in [-0.2, -0.15) is 0 Å². The van der Waals surface area contributed by atoms with Crippen molar-refractivity contribution >= 4 is 11.9 Å². The first-order valence-electron chi connectivity index (χ1n) is 9.12. The maximum atomic E-state index is 12.3. The Bertz CT molecular complexity index is 948. The predicted molar refractivity (Wildman–Crippen MR) is 104 cm³/mol. The number of carbonyl (C=O) groups excluding carboxylic acids is 2. The smallest absolute Gasteiger partial charge is 0.342 e. The van der Waals surface area contributed by atoms with Gasteiger partial charge in [-0.15, -0.1) is 0 Å². The standard InChI is InChI=1S/C22H24O7/c1-12-9-15(17(16(23)10-12)20(24)26-4)13-7-6-8-14(11-13)18-19(21(25)27-5)29-22(2,3)28-18/h6-11,18-19,23H,1-5H3/t18-,19+/m1/s1. The lowest BCUT2D eigenvalue weighted by Crippen LogP contribution is -2.29. The molecule has 0 radical (unpaired) electrons. The van der Waals surface area contributed by atoms with Gasteiger partial charge in [0.05, 0.1) is 14.2 Å². The second-order valence-corrected chi connectivity index (χ2v) is 7.32. The number of aryl methyl sites for hydroxylation is 1. The number of esters is 2. The van der Waals surface area contributed by atoms with E-state index in [0.717, 1.165) is 5.56 Å². The van der Waals surface area contributed by atoms with Crippen molar-refractivity contribution in [1.82, 2.24) is 0 Å². The number of benzene rings is 2. The fraction of sp³-hybridized carbons (Fsp3) is 0.364. The average molecular weight is 400 g/mol. The predicted octanol–water partition coefficient (Wildman–Crippen LogP) is 3.52. The van der Waals surface area contributed by atoms with E-state index < -0.39 is 29.9 Å². The zero-order valence-electron chi connectivity index (χ0n) is 17.0. The molecule has 1 aliphatic heterocycles. The van der Waals surface area contributed by atoms with Gasteiger partial charge in [0.15, 0.2) is 11.9 Å². The van der Waals surface area contributed by atoms with Gasteiger partial charge in [0, 0.05) is 5.56 Å². The van der Waals surface area contributed by atoms with Crippen LogP contribution in [0.15, 0.2) is 36.4 Å². The molecule has 1 heterocycles. The average Bonchev–Trinajstić information content (AvgIpc) is 3.02. The highest BCUT2D eigenvalue weighted by Gasteiger charge is 2.46. The molecule has 154 valence electrons. The van der Waals surface area contributed by atoms with Crippen molar-refractivity contribution in [3.05, 3.63) is 53.1 Å². The Morgan fingerprint density at radius 3 is 2.45 bits per heavy atom. The van der Waals surface area contributed by atoms with Gasteiger partial charge in [0.25, 0.3) is 0 Å². The molecule has 2 aromatic rings. The Morgan fingerprint density at radius 1 is 1.07 bits per heavy atom. The van der Waals surface area contributed by atoms with Crippen LogP contribution in [0.1, 0.15) is 41.4 Å². The zero-order valence-corrected chi connectivity index (χ0v) is 17.0. The van der Waals surface area contributed by atoms with E-state index in [1.165, 1.54) is 20.3 Å². The lowest BCUT2D eigenvalue weighted by molar-refractivity contribution is -0.168. The van der Waals surface area contributed by atoms with Crippen LogP contribution in [-0.4, -0.2) is 43.2 Å². The third-order valence-corrected chi connectivity index (χ3v) is 4.71. The van der Waals surface area contributed by atoms with Gasteiger partial charge in [-0.1, -0.05) is 24.3 Å². The van der Waals surface area contributed by atoms with Crippen molar-refractivity contribution in [2.75, 3.05) is 14.2 Å². The first-order chi connectivity index (χ1) is 13.7. The van der Waals surface area contributed by atoms with Crippen LogP contribution in [0.25, 0.3) is 11.1 Å². The maximum Gasteiger partial charge on any atom is 0.342 e. The Labute approximate surface area is 169 Å². The second-order valence-electron chi connectivity index (χ2n) is 7.32. The summed E-state index contributed by atoms with van der Waals surface area (Å²) in [4.78, 5) is 24.4. The van der Waals surface area contributed by atoms with Crippen molar-refractivity contribution in [2.45, 2.75) is 38.8 Å². The number of hydrogen-bond acceptors (Lipinski definition) is 7. The molecule has 0 aromatic heterocycles. The summed E-state index contributed by atoms with van der Waals surface area (Å²) in [6.07, 6.45) is -1.60. The SMILES string of the molecule is COC(=O)c1c(O)cc(C)cc1-c1cccc([C@H]2OC(C)(C)O[C@@H]2C(=O)OC)c1. The molecule has 7 heteroatoms. The topological polar surface area (TPSA) is 91.3 Å². The molecular formula is C22H24O7. The molecule has 3 rings (SSSR count). The fourth-order valence-electron chi connectivity index (χ4n) is 3.49. The number of aromatic hydroxyl groups is 1. The van der Waals surface area contributed by atoms with E-state index in [9.17, 15) is 14.7 Å². The first-order valence-corrected chi connectivity index (χ1v) is 9.12. The molecule has 1 N–H and O–H groups in total. The molecule has 1 fully saturated rings. The minimum atomic E-state index is -0.960. The Hall–Kier alpha value is -2.90. The number of methoxy groups -OCH3 is 2. The molecule has 0 amide bonds. The largest absolute Gasteiger partial charge is 0.507 e. The van der Waals surface area contributed by atoms with Gasteiger partial charge in [-0.05, 0) is 49.6 Å². The van der Waals surface area contributed by atoms with Crippen molar-refractivity contribution in [3.63, 3.8) is 0 Å². The summed E-state index contributed by atoms with van der Waals surface area (Å²) >= 11 is 0. The van der Waals surface area contributed by atoms with Crippen LogP contribution < -0.4 is 0 Å². The number of phenols is 1. The van der Waals surface area contributed by atoms with Crippen molar-refractivity contribution in [1.29, 1.82) is 0 Å². The summed E-state index contributed by atoms with van der Waals surface area (Å²) in [5.74, 6) is -2.30. The normalized spacial score (nSPS) is 20.3. The fourth-order valence-corrected chi connectivity index (χ4v) is 3.49. The second kappa shape index (κ2) is 7.85. The van der Waals surface area contributed by atoms with E-state index in [0.29, 0.717) is 16.7 Å². The van der Waals surface area contributed by atoms with Crippen LogP contribution in [0.2, 0.25) is 0 Å². The number of hydrogen-bond donors (Lipinski definition) is 1. The number of rotatable bonds is 4. The van der Waals surface area contributed by atoms with Crippen LogP contribution >= 0.6 is 0 Å². The van der Waals surface area contributed by atoms with Gasteiger partial charge in [0.2, 0.25) is 0 Å². The number of phenolic OH excluding ortho intramolecular Hbond substituents is 1. The number of carbonyl (C=O) groups is 2. The van der Waals surface area contributed by atoms with Crippen LogP contribution in [0.4, 0.5) is 0 Å². The van der Waals surface area contributed by atoms with E-state index in [-0.39, 0.29) is 11.3 Å². The monoisotopic (exact) mass is 400 g/mol. The van der Waals surface area contributed by atoms with Crippen molar-refractivity contribution < 1.29 is 33.6 Å². The third kappa shape index (κ3) is 4.11. The van der Waals surface area contributed by atoms with Crippen LogP contribution in [-0.2, 0) is 23.7 Å². The first kappa shape index (κ1) is 20.8. The van der Waals surface area contributed by atoms with Gasteiger partial charge >= 0.3 is 11.9 Å². The van der Waals surface area contributed by atoms with E-state index in [2.05, 4.69) is 0 Å². The summed E-state index contributed by atoms with van der Waals surface area (Å²) in [7, 11) is 2.55. The highest BCUT2D eigenvalue weighted by molar-refractivity contribution is 6.00. The molecule has 0 aliphatic carbocycles. The molecule has 2 atom stereocenters. The Morgan fingerprint density at radius 2 is 1.79 bits per heavy atom. The van der Waals surface area contributed by atoms with E-state index >= 15 is 0 Å². The van der Waals surface area contributed by atoms with E-state index in [1.54, 1.807) is 38.1 Å². The minimum absolute atomic E-state index is 0.0729. The quantitative estimate of drug-likeness (QED) is 0.785. The van der Waals surface area contributed by atoms with Gasteiger partial charge in [0.1, 0.15) is 17.4 Å². The highest BCUT2D eigenvalue weighted by atomic mass is 16.8. The lowest BCUT2D eigenvalue weighted by atomic mass is 9.93. The molecule has 2 aromatic carbocycles. The van der Waals surface area contributed by atoms with Crippen LogP contribution in [0.5, 0.6) is 5.75 Å². The summed E-state index contributed by atoms with van der Waals surface area (Å²) in [5.41, 5.74) is 2.72. The van der Waals surface area contributed by atoms with Crippen molar-refractivity contribution in [3.8, 4) is 16.9 Å². The van der Waals surface area contributed by atoms with Gasteiger partial charge < -0.3 is 24.1 Å². The molecule has 0 unspecified atom stereocenters. The summed E-state index contributed by atoms with van der Waals surface area (Å²) in [5, 5.41) is 10.3. The third-order valence-electron chi connectivity index (χ3n) is 4.71. The maximum absolute atomic E-state index is 12.3. The van der Waals surface area contributed by atoms with Gasteiger partial charge in [-0.3, -0.25) is 0 Å². The van der Waals surface area contributed by atoms with E-state index in [1.807, 2.05) is 13.0 Å². The lowest BCUT2D eigenvalue weighted by Gasteiger charge is -2.18. The summed E-state index contributed by atoms with van der Waals surface area (Å²) < 4.78 is 21.4. The molecule has 7 nitrogen and oxygen atoms in total. The Balaban J connectivity index is 2.10. The molecule has 29 heavy (non-hydrogen) atoms. The molecule has 0 spiro atoms. The molecular weight excluding hydrogens is 376 g/mol. The van der Waals surface area contributed by atoms with Gasteiger partial charge in [-0.25, -0.2) is 9.59 Å². The Kier molecular flexibility index (Phi) is 5.64. The number of ether oxygens (including phenoxy) is 4. The van der Waals surface area contributed by atoms with E-state index in [4.69, 9.17) is 18.9 Å². The molecule has 0 saturated carbocycles. The molecule has 1 saturated heterocycles. The summed E-state index contributed by atoms with van der Waals surface area (Å²) in [6.45, 7) is 5.26. The minimum Gasteiger partial charge on any atom is -0.507 e. The summed E-state index contributed by atoms with van der Waals surface area (Å²) in [6, 6.07) is 10.5. The zero-order chi connectivity index (χ0) is 21.3.